The van der Waals surface area contributed by atoms with Gasteiger partial charge in [0.1, 0.15) is 18.3 Å². The molecule has 2 aromatic heterocycles. The fourth-order valence-corrected chi connectivity index (χ4v) is 2.82. The third-order valence-electron chi connectivity index (χ3n) is 3.99. The number of rotatable bonds is 3. The number of ether oxygens (including phenoxy) is 1. The first-order valence-electron chi connectivity index (χ1n) is 7.29. The topological polar surface area (TPSA) is 150 Å². The van der Waals surface area contributed by atoms with Crippen molar-refractivity contribution in [3.8, 4) is 0 Å². The van der Waals surface area contributed by atoms with Crippen LogP contribution in [0.15, 0.2) is 11.1 Å². The molecule has 1 aliphatic rings. The minimum Gasteiger partial charge on any atom is -0.394 e. The van der Waals surface area contributed by atoms with Gasteiger partial charge in [-0.05, 0) is 13.8 Å². The fourth-order valence-electron chi connectivity index (χ4n) is 2.82. The standard InChI is InChI=1S/C13H19N5O5/c1-5(2)17-4-18(10-7(17)11(22)16-13(14)15-10)12-9(21)8(20)6(3-19)23-12/h4-6,8-9,12,19-21H,3H2,1-2H3,(H2-,14,15,16,22)/p+1/t6-,8-,9-,12-/m1/s1. The Labute approximate surface area is 130 Å². The molecule has 6 N–H and O–H groups in total. The van der Waals surface area contributed by atoms with E-state index in [1.54, 1.807) is 10.9 Å². The van der Waals surface area contributed by atoms with Crippen molar-refractivity contribution in [2.45, 2.75) is 44.4 Å². The van der Waals surface area contributed by atoms with Crippen LogP contribution in [-0.2, 0) is 4.74 Å². The molecule has 1 aliphatic heterocycles. The number of nitrogens with two attached hydrogens (primary N) is 1. The Morgan fingerprint density at radius 3 is 2.74 bits per heavy atom. The van der Waals surface area contributed by atoms with Gasteiger partial charge in [-0.3, -0.25) is 9.78 Å². The predicted octanol–water partition coefficient (Wildman–Crippen LogP) is -2.21. The monoisotopic (exact) mass is 326 g/mol. The molecule has 0 radical (unpaired) electrons. The number of imidazole rings is 1. The Hall–Kier alpha value is -2.01. The molecule has 3 heterocycles. The van der Waals surface area contributed by atoms with Gasteiger partial charge < -0.3 is 25.8 Å². The highest BCUT2D eigenvalue weighted by Gasteiger charge is 2.47. The predicted molar refractivity (Wildman–Crippen MR) is 78.4 cm³/mol. The first kappa shape index (κ1) is 15.9. The van der Waals surface area contributed by atoms with Crippen LogP contribution in [0.1, 0.15) is 26.1 Å². The van der Waals surface area contributed by atoms with Gasteiger partial charge in [0.2, 0.25) is 18.5 Å². The zero-order valence-electron chi connectivity index (χ0n) is 12.7. The third kappa shape index (κ3) is 2.39. The van der Waals surface area contributed by atoms with Gasteiger partial charge in [0, 0.05) is 0 Å². The smallest absolute Gasteiger partial charge is 0.304 e. The molecule has 0 saturated carbocycles. The molecule has 23 heavy (non-hydrogen) atoms. The van der Waals surface area contributed by atoms with Crippen LogP contribution < -0.4 is 15.9 Å². The number of H-pyrrole nitrogens is 1. The average Bonchev–Trinajstić information content (AvgIpc) is 2.99. The summed E-state index contributed by atoms with van der Waals surface area (Å²) in [5.41, 5.74) is 5.72. The Morgan fingerprint density at radius 2 is 2.17 bits per heavy atom. The number of nitrogen functional groups attached to an aromatic ring is 1. The van der Waals surface area contributed by atoms with E-state index in [4.69, 9.17) is 10.5 Å². The van der Waals surface area contributed by atoms with E-state index in [9.17, 15) is 20.1 Å². The zero-order chi connectivity index (χ0) is 16.9. The van der Waals surface area contributed by atoms with Gasteiger partial charge in [0.25, 0.3) is 11.2 Å². The quantitative estimate of drug-likeness (QED) is 0.401. The summed E-state index contributed by atoms with van der Waals surface area (Å²) >= 11 is 0. The second-order valence-corrected chi connectivity index (χ2v) is 5.88. The maximum Gasteiger partial charge on any atom is 0.304 e. The van der Waals surface area contributed by atoms with Crippen LogP contribution in [-0.4, -0.2) is 54.8 Å². The Kier molecular flexibility index (Phi) is 3.84. The molecule has 126 valence electrons. The number of fused-ring (bicyclic) bond motifs is 1. The molecule has 10 heteroatoms. The zero-order valence-corrected chi connectivity index (χ0v) is 12.7. The summed E-state index contributed by atoms with van der Waals surface area (Å²) in [6.45, 7) is 3.34. The van der Waals surface area contributed by atoms with Crippen LogP contribution in [0.3, 0.4) is 0 Å². The fraction of sp³-hybridized carbons (Fsp3) is 0.615. The third-order valence-corrected chi connectivity index (χ3v) is 3.99. The highest BCUT2D eigenvalue weighted by Crippen LogP contribution is 2.30. The minimum absolute atomic E-state index is 0.0533. The van der Waals surface area contributed by atoms with Gasteiger partial charge in [-0.15, -0.1) is 0 Å². The average molecular weight is 326 g/mol. The number of nitrogens with one attached hydrogen (secondary N) is 1. The SMILES string of the molecule is CC(C)[n+]1cn([C@@H]2O[C@H](CO)[C@@H](O)[C@H]2O)c2nc(N)[nH]c(=O)c21. The molecule has 1 saturated heterocycles. The van der Waals surface area contributed by atoms with Crippen molar-refractivity contribution in [1.29, 1.82) is 0 Å². The molecule has 0 amide bonds. The maximum atomic E-state index is 12.2. The van der Waals surface area contributed by atoms with Crippen molar-refractivity contribution < 1.29 is 24.6 Å². The first-order valence-corrected chi connectivity index (χ1v) is 7.29. The number of hydrogen-bond acceptors (Lipinski definition) is 7. The van der Waals surface area contributed by atoms with Crippen LogP contribution in [0.2, 0.25) is 0 Å². The molecule has 0 spiro atoms. The van der Waals surface area contributed by atoms with Crippen molar-refractivity contribution in [3.63, 3.8) is 0 Å². The first-order chi connectivity index (χ1) is 10.8. The number of aromatic nitrogens is 4. The maximum absolute atomic E-state index is 12.2. The summed E-state index contributed by atoms with van der Waals surface area (Å²) in [6, 6.07) is -0.0533. The van der Waals surface area contributed by atoms with Gasteiger partial charge in [-0.1, -0.05) is 0 Å². The summed E-state index contributed by atoms with van der Waals surface area (Å²) in [5, 5.41) is 29.3. The van der Waals surface area contributed by atoms with Crippen LogP contribution in [0, 0.1) is 0 Å². The molecular weight excluding hydrogens is 306 g/mol. The van der Waals surface area contributed by atoms with Gasteiger partial charge in [-0.2, -0.15) is 9.55 Å². The van der Waals surface area contributed by atoms with Crippen molar-refractivity contribution in [2.75, 3.05) is 12.3 Å². The lowest BCUT2D eigenvalue weighted by molar-refractivity contribution is -0.693. The Morgan fingerprint density at radius 1 is 1.48 bits per heavy atom. The summed E-state index contributed by atoms with van der Waals surface area (Å²) in [4.78, 5) is 18.8. The summed E-state index contributed by atoms with van der Waals surface area (Å²) < 4.78 is 8.63. The molecule has 3 rings (SSSR count). The normalized spacial score (nSPS) is 28.1. The number of nitrogens with zero attached hydrogens (tertiary/aromatic N) is 3. The van der Waals surface area contributed by atoms with E-state index in [1.165, 1.54) is 4.57 Å². The molecule has 2 aromatic rings. The Bertz CT molecular complexity index is 785. The van der Waals surface area contributed by atoms with E-state index in [-0.39, 0.29) is 23.2 Å². The number of aromatic amines is 1. The van der Waals surface area contributed by atoms with Gasteiger partial charge in [0.15, 0.2) is 0 Å². The molecule has 4 atom stereocenters. The molecule has 0 unspecified atom stereocenters. The van der Waals surface area contributed by atoms with E-state index in [2.05, 4.69) is 9.97 Å². The highest BCUT2D eigenvalue weighted by atomic mass is 16.6. The largest absolute Gasteiger partial charge is 0.394 e. The molecular formula is C13H20N5O5+. The Balaban J connectivity index is 2.21. The van der Waals surface area contributed by atoms with Gasteiger partial charge in [-0.25, -0.2) is 4.57 Å². The minimum atomic E-state index is -1.27. The van der Waals surface area contributed by atoms with Gasteiger partial charge in [0.05, 0.1) is 12.6 Å². The molecule has 0 aromatic carbocycles. The van der Waals surface area contributed by atoms with Crippen LogP contribution in [0.25, 0.3) is 11.2 Å². The summed E-state index contributed by atoms with van der Waals surface area (Å²) in [7, 11) is 0. The van der Waals surface area contributed by atoms with Crippen LogP contribution >= 0.6 is 0 Å². The summed E-state index contributed by atoms with van der Waals surface area (Å²) in [5.74, 6) is -0.0653. The number of aliphatic hydroxyl groups is 3. The lowest BCUT2D eigenvalue weighted by atomic mass is 10.1. The second kappa shape index (κ2) is 5.57. The highest BCUT2D eigenvalue weighted by molar-refractivity contribution is 5.67. The van der Waals surface area contributed by atoms with Crippen molar-refractivity contribution in [3.05, 3.63) is 16.7 Å². The molecule has 10 nitrogen and oxygen atoms in total. The molecule has 1 fully saturated rings. The van der Waals surface area contributed by atoms with E-state index >= 15 is 0 Å². The van der Waals surface area contributed by atoms with Crippen LogP contribution in [0.4, 0.5) is 5.95 Å². The van der Waals surface area contributed by atoms with Gasteiger partial charge >= 0.3 is 5.56 Å². The molecule has 0 bridgehead atoms. The lowest BCUT2D eigenvalue weighted by Gasteiger charge is -2.11. The van der Waals surface area contributed by atoms with Crippen molar-refractivity contribution in [1.82, 2.24) is 14.5 Å². The number of aliphatic hydroxyl groups excluding tert-OH is 3. The number of anilines is 1. The van der Waals surface area contributed by atoms with Crippen molar-refractivity contribution in [2.24, 2.45) is 0 Å². The van der Waals surface area contributed by atoms with E-state index in [1.807, 2.05) is 13.8 Å². The molecule has 0 aliphatic carbocycles. The van der Waals surface area contributed by atoms with Crippen molar-refractivity contribution >= 4 is 17.1 Å². The lowest BCUT2D eigenvalue weighted by Crippen LogP contribution is -2.38. The number of hydrogen-bond donors (Lipinski definition) is 5. The second-order valence-electron chi connectivity index (χ2n) is 5.88. The van der Waals surface area contributed by atoms with E-state index in [0.717, 1.165) is 0 Å². The van der Waals surface area contributed by atoms with E-state index < -0.39 is 36.7 Å². The van der Waals surface area contributed by atoms with E-state index in [0.29, 0.717) is 0 Å². The summed E-state index contributed by atoms with van der Waals surface area (Å²) in [6.07, 6.45) is -2.84. The van der Waals surface area contributed by atoms with Crippen LogP contribution in [0.5, 0.6) is 0 Å².